The summed E-state index contributed by atoms with van der Waals surface area (Å²) in [6, 6.07) is 8.82. The Bertz CT molecular complexity index is 374. The summed E-state index contributed by atoms with van der Waals surface area (Å²) in [7, 11) is 1.74. The molecule has 1 saturated heterocycles. The number of halogens is 1. The molecular weight excluding hydrogens is 353 g/mol. The van der Waals surface area contributed by atoms with Gasteiger partial charge in [0.2, 0.25) is 0 Å². The van der Waals surface area contributed by atoms with Crippen molar-refractivity contribution in [3.63, 3.8) is 0 Å². The van der Waals surface area contributed by atoms with Crippen molar-refractivity contribution in [1.82, 2.24) is 5.32 Å². The molecule has 1 atom stereocenters. The Labute approximate surface area is 129 Å². The summed E-state index contributed by atoms with van der Waals surface area (Å²) in [5, 5.41) is 3.49. The highest BCUT2D eigenvalue weighted by Gasteiger charge is 2.34. The molecule has 0 bridgehead atoms. The second-order valence-corrected chi connectivity index (χ2v) is 6.52. The summed E-state index contributed by atoms with van der Waals surface area (Å²) in [5.74, 6) is 0. The molecule has 1 aromatic carbocycles. The lowest BCUT2D eigenvalue weighted by atomic mass is 9.81. The number of ether oxygens (including phenoxy) is 2. The van der Waals surface area contributed by atoms with Gasteiger partial charge in [-0.3, -0.25) is 0 Å². The van der Waals surface area contributed by atoms with Crippen molar-refractivity contribution in [2.75, 3.05) is 40.0 Å². The number of benzene rings is 1. The minimum Gasteiger partial charge on any atom is -0.383 e. The van der Waals surface area contributed by atoms with Gasteiger partial charge in [0.15, 0.2) is 0 Å². The molecule has 0 aromatic heterocycles. The number of hydrogen-bond acceptors (Lipinski definition) is 3. The normalized spacial score (nSPS) is 22.8. The first-order valence-corrected chi connectivity index (χ1v) is 7.84. The van der Waals surface area contributed by atoms with Crippen LogP contribution in [0.4, 0.5) is 0 Å². The second-order valence-electron chi connectivity index (χ2n) is 5.28. The van der Waals surface area contributed by atoms with E-state index in [1.807, 2.05) is 0 Å². The molecule has 3 nitrogen and oxygen atoms in total. The molecular formula is C15H22INO2. The van der Waals surface area contributed by atoms with E-state index in [2.05, 4.69) is 52.2 Å². The van der Waals surface area contributed by atoms with E-state index in [1.165, 1.54) is 9.13 Å². The molecule has 1 unspecified atom stereocenters. The van der Waals surface area contributed by atoms with Crippen LogP contribution in [0.1, 0.15) is 12.0 Å². The van der Waals surface area contributed by atoms with E-state index in [-0.39, 0.29) is 5.41 Å². The van der Waals surface area contributed by atoms with Crippen LogP contribution in [0.15, 0.2) is 24.3 Å². The predicted octanol–water partition coefficient (Wildman–Crippen LogP) is 2.48. The van der Waals surface area contributed by atoms with E-state index in [9.17, 15) is 0 Å². The monoisotopic (exact) mass is 375 g/mol. The molecule has 1 aromatic rings. The van der Waals surface area contributed by atoms with Crippen molar-refractivity contribution >= 4 is 22.6 Å². The standard InChI is InChI=1S/C15H22INO2/c1-18-9-7-17-11-15(6-8-19-12-15)10-13-2-4-14(16)5-3-13/h2-5,17H,6-12H2,1H3. The average Bonchev–Trinajstić information content (AvgIpc) is 2.87. The molecule has 106 valence electrons. The number of methoxy groups -OCH3 is 1. The summed E-state index contributed by atoms with van der Waals surface area (Å²) in [6.07, 6.45) is 2.23. The Balaban J connectivity index is 1.93. The van der Waals surface area contributed by atoms with E-state index in [0.29, 0.717) is 0 Å². The van der Waals surface area contributed by atoms with Crippen molar-refractivity contribution in [2.24, 2.45) is 5.41 Å². The third kappa shape index (κ3) is 4.70. The first-order valence-electron chi connectivity index (χ1n) is 6.76. The first kappa shape index (κ1) is 15.2. The molecule has 0 aliphatic carbocycles. The van der Waals surface area contributed by atoms with Gasteiger partial charge in [-0.15, -0.1) is 0 Å². The lowest BCUT2D eigenvalue weighted by Crippen LogP contribution is -2.38. The van der Waals surface area contributed by atoms with Gasteiger partial charge < -0.3 is 14.8 Å². The zero-order valence-corrected chi connectivity index (χ0v) is 13.6. The number of hydrogen-bond donors (Lipinski definition) is 1. The Morgan fingerprint density at radius 1 is 1.37 bits per heavy atom. The maximum absolute atomic E-state index is 5.64. The lowest BCUT2D eigenvalue weighted by Gasteiger charge is -2.28. The zero-order chi connectivity index (χ0) is 13.6. The van der Waals surface area contributed by atoms with Gasteiger partial charge in [0, 0.05) is 35.8 Å². The fourth-order valence-electron chi connectivity index (χ4n) is 2.55. The fourth-order valence-corrected chi connectivity index (χ4v) is 2.91. The molecule has 1 heterocycles. The molecule has 0 radical (unpaired) electrons. The maximum atomic E-state index is 5.64. The van der Waals surface area contributed by atoms with Crippen molar-refractivity contribution < 1.29 is 9.47 Å². The van der Waals surface area contributed by atoms with Crippen LogP contribution in [-0.4, -0.2) is 40.0 Å². The van der Waals surface area contributed by atoms with Gasteiger partial charge in [0.1, 0.15) is 0 Å². The minimum atomic E-state index is 0.251. The molecule has 0 saturated carbocycles. The van der Waals surface area contributed by atoms with Crippen LogP contribution in [-0.2, 0) is 15.9 Å². The average molecular weight is 375 g/mol. The van der Waals surface area contributed by atoms with E-state index in [1.54, 1.807) is 7.11 Å². The highest BCUT2D eigenvalue weighted by atomic mass is 127. The fraction of sp³-hybridized carbons (Fsp3) is 0.600. The van der Waals surface area contributed by atoms with Crippen LogP contribution in [0.5, 0.6) is 0 Å². The highest BCUT2D eigenvalue weighted by Crippen LogP contribution is 2.32. The minimum absolute atomic E-state index is 0.251. The molecule has 2 rings (SSSR count). The predicted molar refractivity (Wildman–Crippen MR) is 85.5 cm³/mol. The van der Waals surface area contributed by atoms with E-state index in [0.717, 1.165) is 45.8 Å². The summed E-state index contributed by atoms with van der Waals surface area (Å²) >= 11 is 2.35. The van der Waals surface area contributed by atoms with Crippen LogP contribution >= 0.6 is 22.6 Å². The van der Waals surface area contributed by atoms with Crippen molar-refractivity contribution in [3.8, 4) is 0 Å². The third-order valence-electron chi connectivity index (χ3n) is 3.66. The van der Waals surface area contributed by atoms with Gasteiger partial charge in [0.25, 0.3) is 0 Å². The van der Waals surface area contributed by atoms with E-state index >= 15 is 0 Å². The van der Waals surface area contributed by atoms with Crippen LogP contribution in [0.2, 0.25) is 0 Å². The first-order chi connectivity index (χ1) is 9.24. The molecule has 1 N–H and O–H groups in total. The summed E-state index contributed by atoms with van der Waals surface area (Å²) < 4.78 is 12.0. The Hall–Kier alpha value is -0.170. The smallest absolute Gasteiger partial charge is 0.0587 e. The van der Waals surface area contributed by atoms with Gasteiger partial charge >= 0.3 is 0 Å². The van der Waals surface area contributed by atoms with Crippen molar-refractivity contribution in [1.29, 1.82) is 0 Å². The summed E-state index contributed by atoms with van der Waals surface area (Å²) in [4.78, 5) is 0. The van der Waals surface area contributed by atoms with Crippen molar-refractivity contribution in [3.05, 3.63) is 33.4 Å². The summed E-state index contributed by atoms with van der Waals surface area (Å²) in [6.45, 7) is 4.42. The Kier molecular flexibility index (Phi) is 6.06. The molecule has 19 heavy (non-hydrogen) atoms. The molecule has 1 fully saturated rings. The van der Waals surface area contributed by atoms with Crippen LogP contribution < -0.4 is 5.32 Å². The number of rotatable bonds is 7. The van der Waals surface area contributed by atoms with Crippen LogP contribution in [0, 0.1) is 8.99 Å². The zero-order valence-electron chi connectivity index (χ0n) is 11.5. The maximum Gasteiger partial charge on any atom is 0.0587 e. The molecule has 1 aliphatic heterocycles. The van der Waals surface area contributed by atoms with Crippen LogP contribution in [0.25, 0.3) is 0 Å². The SMILES string of the molecule is COCCNCC1(Cc2ccc(I)cc2)CCOC1. The van der Waals surface area contributed by atoms with E-state index < -0.39 is 0 Å². The largest absolute Gasteiger partial charge is 0.383 e. The van der Waals surface area contributed by atoms with E-state index in [4.69, 9.17) is 9.47 Å². The topological polar surface area (TPSA) is 30.5 Å². The third-order valence-corrected chi connectivity index (χ3v) is 4.38. The number of nitrogens with one attached hydrogen (secondary N) is 1. The summed E-state index contributed by atoms with van der Waals surface area (Å²) in [5.41, 5.74) is 1.65. The van der Waals surface area contributed by atoms with Gasteiger partial charge in [-0.2, -0.15) is 0 Å². The Morgan fingerprint density at radius 2 is 2.16 bits per heavy atom. The molecule has 0 spiro atoms. The molecule has 0 amide bonds. The van der Waals surface area contributed by atoms with Gasteiger partial charge in [-0.05, 0) is 53.1 Å². The second kappa shape index (κ2) is 7.57. The van der Waals surface area contributed by atoms with Gasteiger partial charge in [0.05, 0.1) is 13.2 Å². The molecule has 4 heteroatoms. The van der Waals surface area contributed by atoms with Gasteiger partial charge in [-0.1, -0.05) is 12.1 Å². The lowest BCUT2D eigenvalue weighted by molar-refractivity contribution is 0.145. The highest BCUT2D eigenvalue weighted by molar-refractivity contribution is 14.1. The van der Waals surface area contributed by atoms with Crippen molar-refractivity contribution in [2.45, 2.75) is 12.8 Å². The van der Waals surface area contributed by atoms with Crippen LogP contribution in [0.3, 0.4) is 0 Å². The Morgan fingerprint density at radius 3 is 2.79 bits per heavy atom. The quantitative estimate of drug-likeness (QED) is 0.587. The molecule has 1 aliphatic rings. The van der Waals surface area contributed by atoms with Gasteiger partial charge in [-0.25, -0.2) is 0 Å².